The Labute approximate surface area is 113 Å². The molecule has 0 aliphatic rings. The van der Waals surface area contributed by atoms with Gasteiger partial charge in [-0.15, -0.1) is 0 Å². The molecule has 0 aliphatic carbocycles. The average molecular weight is 326 g/mol. The van der Waals surface area contributed by atoms with E-state index < -0.39 is 12.8 Å². The van der Waals surface area contributed by atoms with Gasteiger partial charge in [-0.3, -0.25) is 0 Å². The highest BCUT2D eigenvalue weighted by molar-refractivity contribution is 9.10. The fraction of sp³-hybridized carbons (Fsp3) is 0.500. The molecule has 1 N–H and O–H groups in total. The van der Waals surface area contributed by atoms with Crippen molar-refractivity contribution in [2.75, 3.05) is 6.61 Å². The molecule has 0 amide bonds. The summed E-state index contributed by atoms with van der Waals surface area (Å²) < 4.78 is 41.2. The highest BCUT2D eigenvalue weighted by Gasteiger charge is 2.28. The number of hydrogen-bond acceptors (Lipinski definition) is 2. The van der Waals surface area contributed by atoms with Crippen molar-refractivity contribution in [2.24, 2.45) is 0 Å². The maximum atomic E-state index is 12.0. The normalized spacial score (nSPS) is 11.9. The van der Waals surface area contributed by atoms with Crippen molar-refractivity contribution >= 4 is 15.9 Å². The largest absolute Gasteiger partial charge is 0.483 e. The second kappa shape index (κ2) is 6.43. The SMILES string of the molecule is CC(C)NCc1ccc(OCC(F)(F)F)c(Br)c1. The Bertz CT molecular complexity index is 393. The van der Waals surface area contributed by atoms with Crippen molar-refractivity contribution in [3.63, 3.8) is 0 Å². The summed E-state index contributed by atoms with van der Waals surface area (Å²) in [5, 5.41) is 3.22. The Hall–Kier alpha value is -0.750. The Kier molecular flexibility index (Phi) is 5.47. The Morgan fingerprint density at radius 3 is 2.50 bits per heavy atom. The molecule has 0 radical (unpaired) electrons. The quantitative estimate of drug-likeness (QED) is 0.886. The van der Waals surface area contributed by atoms with Gasteiger partial charge in [0.2, 0.25) is 0 Å². The van der Waals surface area contributed by atoms with E-state index in [1.165, 1.54) is 6.07 Å². The third kappa shape index (κ3) is 5.73. The number of benzene rings is 1. The third-order valence-corrected chi connectivity index (χ3v) is 2.72. The summed E-state index contributed by atoms with van der Waals surface area (Å²) in [6.45, 7) is 3.43. The minimum atomic E-state index is -4.32. The van der Waals surface area contributed by atoms with Crippen LogP contribution in [-0.4, -0.2) is 18.8 Å². The minimum Gasteiger partial charge on any atom is -0.483 e. The predicted octanol–water partition coefficient (Wildman–Crippen LogP) is 3.89. The number of nitrogens with one attached hydrogen (secondary N) is 1. The van der Waals surface area contributed by atoms with Crippen molar-refractivity contribution in [3.05, 3.63) is 28.2 Å². The smallest absolute Gasteiger partial charge is 0.422 e. The van der Waals surface area contributed by atoms with Crippen LogP contribution in [0.5, 0.6) is 5.75 Å². The van der Waals surface area contributed by atoms with Gasteiger partial charge < -0.3 is 10.1 Å². The first kappa shape index (κ1) is 15.3. The second-order valence-corrected chi connectivity index (χ2v) is 5.06. The lowest BCUT2D eigenvalue weighted by Crippen LogP contribution is -2.22. The fourth-order valence-corrected chi connectivity index (χ4v) is 1.79. The van der Waals surface area contributed by atoms with Crippen LogP contribution in [-0.2, 0) is 6.54 Å². The van der Waals surface area contributed by atoms with E-state index in [4.69, 9.17) is 0 Å². The topological polar surface area (TPSA) is 21.3 Å². The van der Waals surface area contributed by atoms with Gasteiger partial charge in [0.05, 0.1) is 4.47 Å². The molecule has 0 atom stereocenters. The van der Waals surface area contributed by atoms with E-state index in [0.29, 0.717) is 17.1 Å². The van der Waals surface area contributed by atoms with Gasteiger partial charge in [0.1, 0.15) is 5.75 Å². The zero-order chi connectivity index (χ0) is 13.8. The molecule has 0 saturated heterocycles. The maximum Gasteiger partial charge on any atom is 0.422 e. The second-order valence-electron chi connectivity index (χ2n) is 4.20. The van der Waals surface area contributed by atoms with E-state index in [2.05, 4.69) is 26.0 Å². The summed E-state index contributed by atoms with van der Waals surface area (Å²) in [7, 11) is 0. The molecule has 2 nitrogen and oxygen atoms in total. The fourth-order valence-electron chi connectivity index (χ4n) is 1.25. The Morgan fingerprint density at radius 2 is 2.00 bits per heavy atom. The molecular weight excluding hydrogens is 311 g/mol. The van der Waals surface area contributed by atoms with E-state index in [-0.39, 0.29) is 5.75 Å². The molecule has 0 heterocycles. The summed E-state index contributed by atoms with van der Waals surface area (Å²) in [6, 6.07) is 5.38. The van der Waals surface area contributed by atoms with Crippen LogP contribution in [0.2, 0.25) is 0 Å². The van der Waals surface area contributed by atoms with E-state index in [1.807, 2.05) is 13.8 Å². The first-order valence-electron chi connectivity index (χ1n) is 5.49. The summed E-state index contributed by atoms with van der Waals surface area (Å²) in [5.41, 5.74) is 0.981. The van der Waals surface area contributed by atoms with Crippen LogP contribution in [0.25, 0.3) is 0 Å². The van der Waals surface area contributed by atoms with Crippen molar-refractivity contribution in [1.29, 1.82) is 0 Å². The first-order valence-corrected chi connectivity index (χ1v) is 6.28. The number of halogens is 4. The van der Waals surface area contributed by atoms with Crippen LogP contribution < -0.4 is 10.1 Å². The maximum absolute atomic E-state index is 12.0. The summed E-state index contributed by atoms with van der Waals surface area (Å²) in [5.74, 6) is 0.195. The zero-order valence-electron chi connectivity index (χ0n) is 10.1. The highest BCUT2D eigenvalue weighted by atomic mass is 79.9. The molecular formula is C12H15BrF3NO. The van der Waals surface area contributed by atoms with Crippen molar-refractivity contribution < 1.29 is 17.9 Å². The average Bonchev–Trinajstić information content (AvgIpc) is 2.23. The van der Waals surface area contributed by atoms with Gasteiger partial charge in [0.15, 0.2) is 6.61 Å². The van der Waals surface area contributed by atoms with Crippen LogP contribution in [0.4, 0.5) is 13.2 Å². The molecule has 0 fully saturated rings. The van der Waals surface area contributed by atoms with Crippen LogP contribution >= 0.6 is 15.9 Å². The van der Waals surface area contributed by atoms with Gasteiger partial charge in [-0.1, -0.05) is 19.9 Å². The number of hydrogen-bond donors (Lipinski definition) is 1. The molecule has 102 valence electrons. The summed E-state index contributed by atoms with van der Waals surface area (Å²) >= 11 is 3.20. The van der Waals surface area contributed by atoms with Crippen LogP contribution in [0.1, 0.15) is 19.4 Å². The van der Waals surface area contributed by atoms with Crippen molar-refractivity contribution in [2.45, 2.75) is 32.6 Å². The molecule has 0 unspecified atom stereocenters. The van der Waals surface area contributed by atoms with Crippen molar-refractivity contribution in [1.82, 2.24) is 5.32 Å². The van der Waals surface area contributed by atoms with Gasteiger partial charge in [0, 0.05) is 12.6 Å². The van der Waals surface area contributed by atoms with Gasteiger partial charge >= 0.3 is 6.18 Å². The number of alkyl halides is 3. The van der Waals surface area contributed by atoms with E-state index in [0.717, 1.165) is 5.56 Å². The minimum absolute atomic E-state index is 0.195. The third-order valence-electron chi connectivity index (χ3n) is 2.10. The molecule has 0 saturated carbocycles. The van der Waals surface area contributed by atoms with Gasteiger partial charge in [0.25, 0.3) is 0 Å². The molecule has 0 bridgehead atoms. The number of ether oxygens (including phenoxy) is 1. The van der Waals surface area contributed by atoms with Crippen LogP contribution in [0.15, 0.2) is 22.7 Å². The summed E-state index contributed by atoms with van der Waals surface area (Å²) in [4.78, 5) is 0. The molecule has 18 heavy (non-hydrogen) atoms. The Balaban J connectivity index is 2.62. The number of rotatable bonds is 5. The molecule has 6 heteroatoms. The predicted molar refractivity (Wildman–Crippen MR) is 67.7 cm³/mol. The monoisotopic (exact) mass is 325 g/mol. The highest BCUT2D eigenvalue weighted by Crippen LogP contribution is 2.27. The lowest BCUT2D eigenvalue weighted by Gasteiger charge is -2.12. The Morgan fingerprint density at radius 1 is 1.33 bits per heavy atom. The lowest BCUT2D eigenvalue weighted by molar-refractivity contribution is -0.153. The van der Waals surface area contributed by atoms with E-state index in [1.54, 1.807) is 12.1 Å². The first-order chi connectivity index (χ1) is 8.28. The van der Waals surface area contributed by atoms with Gasteiger partial charge in [-0.05, 0) is 33.6 Å². The standard InChI is InChI=1S/C12H15BrF3NO/c1-8(2)17-6-9-3-4-11(10(13)5-9)18-7-12(14,15)16/h3-5,8,17H,6-7H2,1-2H3. The van der Waals surface area contributed by atoms with E-state index >= 15 is 0 Å². The van der Waals surface area contributed by atoms with Gasteiger partial charge in [-0.25, -0.2) is 0 Å². The summed E-state index contributed by atoms with van der Waals surface area (Å²) in [6.07, 6.45) is -4.32. The molecule has 1 rings (SSSR count). The lowest BCUT2D eigenvalue weighted by atomic mass is 10.2. The van der Waals surface area contributed by atoms with Crippen LogP contribution in [0.3, 0.4) is 0 Å². The zero-order valence-corrected chi connectivity index (χ0v) is 11.7. The molecule has 0 aromatic heterocycles. The van der Waals surface area contributed by atoms with Gasteiger partial charge in [-0.2, -0.15) is 13.2 Å². The van der Waals surface area contributed by atoms with Crippen molar-refractivity contribution in [3.8, 4) is 5.75 Å². The molecule has 1 aromatic carbocycles. The van der Waals surface area contributed by atoms with E-state index in [9.17, 15) is 13.2 Å². The molecule has 1 aromatic rings. The molecule has 0 spiro atoms. The van der Waals surface area contributed by atoms with Crippen LogP contribution in [0, 0.1) is 0 Å². The molecule has 0 aliphatic heterocycles.